The lowest BCUT2D eigenvalue weighted by molar-refractivity contribution is -0.141. The minimum absolute atomic E-state index is 0.132. The molecular weight excluding hydrogens is 322 g/mol. The SMILES string of the molecule is Cc1nc(-c2ccc(N3CCN(C(=O)[C@H]4CCCO4)CC3)nc2)no1. The Bertz CT molecular complexity index is 731. The molecule has 4 rings (SSSR count). The third-order valence-electron chi connectivity index (χ3n) is 4.65. The van der Waals surface area contributed by atoms with Crippen LogP contribution in [0.3, 0.4) is 0 Å². The van der Waals surface area contributed by atoms with Crippen LogP contribution in [0.4, 0.5) is 5.82 Å². The van der Waals surface area contributed by atoms with Crippen molar-refractivity contribution in [2.24, 2.45) is 0 Å². The average molecular weight is 343 g/mol. The molecule has 25 heavy (non-hydrogen) atoms. The monoisotopic (exact) mass is 343 g/mol. The number of carbonyl (C=O) groups excluding carboxylic acids is 1. The Hall–Kier alpha value is -2.48. The first-order valence-electron chi connectivity index (χ1n) is 8.63. The highest BCUT2D eigenvalue weighted by Crippen LogP contribution is 2.21. The largest absolute Gasteiger partial charge is 0.368 e. The van der Waals surface area contributed by atoms with Gasteiger partial charge in [0, 0.05) is 51.5 Å². The lowest BCUT2D eigenvalue weighted by Crippen LogP contribution is -2.51. The van der Waals surface area contributed by atoms with Crippen molar-refractivity contribution in [3.8, 4) is 11.4 Å². The Labute approximate surface area is 145 Å². The molecule has 2 aliphatic rings. The van der Waals surface area contributed by atoms with E-state index in [1.54, 1.807) is 13.1 Å². The van der Waals surface area contributed by atoms with Crippen molar-refractivity contribution in [1.82, 2.24) is 20.0 Å². The first-order chi connectivity index (χ1) is 12.2. The number of anilines is 1. The van der Waals surface area contributed by atoms with Crippen LogP contribution >= 0.6 is 0 Å². The number of nitrogens with zero attached hydrogens (tertiary/aromatic N) is 5. The first-order valence-corrected chi connectivity index (χ1v) is 8.63. The van der Waals surface area contributed by atoms with Gasteiger partial charge in [-0.05, 0) is 25.0 Å². The average Bonchev–Trinajstić information content (AvgIpc) is 3.33. The van der Waals surface area contributed by atoms with E-state index in [9.17, 15) is 4.79 Å². The number of carbonyl (C=O) groups is 1. The Kier molecular flexibility index (Phi) is 4.35. The molecule has 0 radical (unpaired) electrons. The summed E-state index contributed by atoms with van der Waals surface area (Å²) in [4.78, 5) is 25.2. The molecule has 0 N–H and O–H groups in total. The maximum atomic E-state index is 12.4. The van der Waals surface area contributed by atoms with Crippen molar-refractivity contribution < 1.29 is 14.1 Å². The van der Waals surface area contributed by atoms with E-state index < -0.39 is 0 Å². The summed E-state index contributed by atoms with van der Waals surface area (Å²) in [6, 6.07) is 3.90. The lowest BCUT2D eigenvalue weighted by atomic mass is 10.2. The molecule has 1 amide bonds. The van der Waals surface area contributed by atoms with Crippen LogP contribution < -0.4 is 4.90 Å². The molecule has 2 aromatic rings. The van der Waals surface area contributed by atoms with Crippen LogP contribution in [0.1, 0.15) is 18.7 Å². The normalized spacial score (nSPS) is 20.9. The van der Waals surface area contributed by atoms with E-state index in [-0.39, 0.29) is 12.0 Å². The van der Waals surface area contributed by atoms with Crippen molar-refractivity contribution >= 4 is 11.7 Å². The van der Waals surface area contributed by atoms with Gasteiger partial charge < -0.3 is 19.1 Å². The molecule has 8 heteroatoms. The summed E-state index contributed by atoms with van der Waals surface area (Å²) < 4.78 is 10.5. The summed E-state index contributed by atoms with van der Waals surface area (Å²) >= 11 is 0. The summed E-state index contributed by atoms with van der Waals surface area (Å²) in [5.74, 6) is 2.11. The van der Waals surface area contributed by atoms with Crippen LogP contribution in [0.15, 0.2) is 22.9 Å². The molecule has 0 bridgehead atoms. The van der Waals surface area contributed by atoms with Crippen LogP contribution in [-0.4, -0.2) is 64.8 Å². The first kappa shape index (κ1) is 16.0. The van der Waals surface area contributed by atoms with E-state index >= 15 is 0 Å². The van der Waals surface area contributed by atoms with Crippen LogP contribution in [-0.2, 0) is 9.53 Å². The number of hydrogen-bond acceptors (Lipinski definition) is 7. The van der Waals surface area contributed by atoms with Crippen molar-refractivity contribution in [3.05, 3.63) is 24.2 Å². The molecule has 2 saturated heterocycles. The zero-order valence-corrected chi connectivity index (χ0v) is 14.2. The molecule has 1 atom stereocenters. The van der Waals surface area contributed by atoms with E-state index in [1.165, 1.54) is 0 Å². The van der Waals surface area contributed by atoms with Gasteiger partial charge in [0.2, 0.25) is 11.7 Å². The Morgan fingerprint density at radius 1 is 1.24 bits per heavy atom. The van der Waals surface area contributed by atoms with E-state index in [2.05, 4.69) is 20.0 Å². The van der Waals surface area contributed by atoms with E-state index in [0.29, 0.717) is 31.4 Å². The van der Waals surface area contributed by atoms with E-state index in [0.717, 1.165) is 37.3 Å². The molecule has 0 aromatic carbocycles. The van der Waals surface area contributed by atoms with Gasteiger partial charge in [-0.25, -0.2) is 4.98 Å². The highest BCUT2D eigenvalue weighted by atomic mass is 16.5. The summed E-state index contributed by atoms with van der Waals surface area (Å²) in [7, 11) is 0. The van der Waals surface area contributed by atoms with Crippen LogP contribution in [0.2, 0.25) is 0 Å². The minimum Gasteiger partial charge on any atom is -0.368 e. The van der Waals surface area contributed by atoms with Gasteiger partial charge in [0.1, 0.15) is 11.9 Å². The van der Waals surface area contributed by atoms with E-state index in [4.69, 9.17) is 9.26 Å². The standard InChI is InChI=1S/C17H21N5O3/c1-12-19-16(20-25-12)13-4-5-15(18-11-13)21-6-8-22(9-7-21)17(23)14-3-2-10-24-14/h4-5,11,14H,2-3,6-10H2,1H3/t14-/m1/s1. The van der Waals surface area contributed by atoms with Gasteiger partial charge in [0.25, 0.3) is 5.91 Å². The van der Waals surface area contributed by atoms with Gasteiger partial charge in [-0.2, -0.15) is 4.98 Å². The summed E-state index contributed by atoms with van der Waals surface area (Å²) in [6.45, 7) is 5.40. The van der Waals surface area contributed by atoms with Crippen LogP contribution in [0.5, 0.6) is 0 Å². The quantitative estimate of drug-likeness (QED) is 0.829. The predicted molar refractivity (Wildman–Crippen MR) is 90.0 cm³/mol. The van der Waals surface area contributed by atoms with E-state index in [1.807, 2.05) is 17.0 Å². The molecule has 2 aromatic heterocycles. The lowest BCUT2D eigenvalue weighted by Gasteiger charge is -2.36. The molecule has 0 saturated carbocycles. The smallest absolute Gasteiger partial charge is 0.251 e. The third kappa shape index (κ3) is 3.34. The Balaban J connectivity index is 1.36. The molecular formula is C17H21N5O3. The van der Waals surface area contributed by atoms with Gasteiger partial charge in [0.15, 0.2) is 0 Å². The number of pyridine rings is 1. The molecule has 2 aliphatic heterocycles. The van der Waals surface area contributed by atoms with Crippen molar-refractivity contribution in [2.75, 3.05) is 37.7 Å². The van der Waals surface area contributed by atoms with Gasteiger partial charge in [-0.1, -0.05) is 5.16 Å². The van der Waals surface area contributed by atoms with Gasteiger partial charge in [-0.15, -0.1) is 0 Å². The minimum atomic E-state index is -0.234. The highest BCUT2D eigenvalue weighted by molar-refractivity contribution is 5.81. The summed E-state index contributed by atoms with van der Waals surface area (Å²) in [6.07, 6.45) is 3.34. The number of ether oxygens (including phenoxy) is 1. The molecule has 0 aliphatic carbocycles. The van der Waals surface area contributed by atoms with Crippen molar-refractivity contribution in [3.63, 3.8) is 0 Å². The molecule has 2 fully saturated rings. The Morgan fingerprint density at radius 2 is 2.08 bits per heavy atom. The molecule has 0 unspecified atom stereocenters. The molecule has 4 heterocycles. The van der Waals surface area contributed by atoms with Crippen molar-refractivity contribution in [1.29, 1.82) is 0 Å². The summed E-state index contributed by atoms with van der Waals surface area (Å²) in [5.41, 5.74) is 0.827. The number of aromatic nitrogens is 3. The fourth-order valence-corrected chi connectivity index (χ4v) is 3.25. The maximum absolute atomic E-state index is 12.4. The topological polar surface area (TPSA) is 84.6 Å². The zero-order chi connectivity index (χ0) is 17.2. The second kappa shape index (κ2) is 6.79. The summed E-state index contributed by atoms with van der Waals surface area (Å²) in [5, 5.41) is 3.90. The highest BCUT2D eigenvalue weighted by Gasteiger charge is 2.30. The van der Waals surface area contributed by atoms with Gasteiger partial charge in [0.05, 0.1) is 0 Å². The Morgan fingerprint density at radius 3 is 2.68 bits per heavy atom. The van der Waals surface area contributed by atoms with Crippen LogP contribution in [0, 0.1) is 6.92 Å². The second-order valence-electron chi connectivity index (χ2n) is 6.36. The fourth-order valence-electron chi connectivity index (χ4n) is 3.25. The number of piperazine rings is 1. The number of aryl methyl sites for hydroxylation is 1. The number of rotatable bonds is 3. The number of amides is 1. The van der Waals surface area contributed by atoms with Gasteiger partial charge in [-0.3, -0.25) is 4.79 Å². The second-order valence-corrected chi connectivity index (χ2v) is 6.36. The molecule has 8 nitrogen and oxygen atoms in total. The molecule has 132 valence electrons. The maximum Gasteiger partial charge on any atom is 0.251 e. The fraction of sp³-hybridized carbons (Fsp3) is 0.529. The van der Waals surface area contributed by atoms with Crippen LogP contribution in [0.25, 0.3) is 11.4 Å². The van der Waals surface area contributed by atoms with Gasteiger partial charge >= 0.3 is 0 Å². The number of hydrogen-bond donors (Lipinski definition) is 0. The molecule has 0 spiro atoms. The zero-order valence-electron chi connectivity index (χ0n) is 14.2. The third-order valence-corrected chi connectivity index (χ3v) is 4.65. The predicted octanol–water partition coefficient (Wildman–Crippen LogP) is 1.27. The van der Waals surface area contributed by atoms with Crippen molar-refractivity contribution in [2.45, 2.75) is 25.9 Å².